The van der Waals surface area contributed by atoms with E-state index in [0.717, 1.165) is 24.4 Å². The first kappa shape index (κ1) is 15.1. The molecule has 1 aliphatic heterocycles. The molecule has 1 aliphatic rings. The minimum Gasteiger partial charge on any atom is -0.378 e. The van der Waals surface area contributed by atoms with Crippen LogP contribution in [0.3, 0.4) is 0 Å². The van der Waals surface area contributed by atoms with Crippen molar-refractivity contribution in [3.63, 3.8) is 0 Å². The van der Waals surface area contributed by atoms with Crippen molar-refractivity contribution in [1.29, 1.82) is 0 Å². The van der Waals surface area contributed by atoms with Crippen molar-refractivity contribution in [1.82, 2.24) is 4.90 Å². The lowest BCUT2D eigenvalue weighted by molar-refractivity contribution is 0.0674. The van der Waals surface area contributed by atoms with Gasteiger partial charge in [0.05, 0.1) is 19.8 Å². The summed E-state index contributed by atoms with van der Waals surface area (Å²) in [7, 11) is 0. The van der Waals surface area contributed by atoms with Crippen LogP contribution < -0.4 is 5.73 Å². The lowest BCUT2D eigenvalue weighted by Crippen LogP contribution is -2.44. The largest absolute Gasteiger partial charge is 0.378 e. The molecule has 4 nitrogen and oxygen atoms in total. The molecule has 0 amide bonds. The molecule has 2 rings (SSSR count). The van der Waals surface area contributed by atoms with Crippen LogP contribution in [0.15, 0.2) is 29.3 Å². The number of thioether (sulfide) groups is 1. The van der Waals surface area contributed by atoms with Crippen molar-refractivity contribution in [3.05, 3.63) is 35.6 Å². The second-order valence-corrected chi connectivity index (χ2v) is 5.59. The predicted octanol–water partition coefficient (Wildman–Crippen LogP) is 1.71. The summed E-state index contributed by atoms with van der Waals surface area (Å²) >= 11 is 1.66. The van der Waals surface area contributed by atoms with Crippen LogP contribution >= 0.6 is 11.8 Å². The molecule has 20 heavy (non-hydrogen) atoms. The van der Waals surface area contributed by atoms with Crippen molar-refractivity contribution >= 4 is 17.7 Å². The third-order valence-electron chi connectivity index (χ3n) is 3.06. The number of halogens is 1. The number of rotatable bonds is 5. The molecule has 1 aromatic rings. The average molecular weight is 297 g/mol. The first-order valence-electron chi connectivity index (χ1n) is 6.71. The maximum atomic E-state index is 13.4. The molecule has 1 fully saturated rings. The molecule has 0 spiro atoms. The van der Waals surface area contributed by atoms with Crippen LogP contribution in [0.25, 0.3) is 0 Å². The zero-order valence-electron chi connectivity index (χ0n) is 11.4. The third-order valence-corrected chi connectivity index (χ3v) is 4.05. The third kappa shape index (κ3) is 4.68. The number of hydrogen-bond acceptors (Lipinski definition) is 3. The highest BCUT2D eigenvalue weighted by Gasteiger charge is 2.11. The van der Waals surface area contributed by atoms with Crippen LogP contribution in [-0.4, -0.2) is 49.5 Å². The monoisotopic (exact) mass is 297 g/mol. The van der Waals surface area contributed by atoms with Gasteiger partial charge in [-0.25, -0.2) is 4.39 Å². The molecule has 0 bridgehead atoms. The van der Waals surface area contributed by atoms with Gasteiger partial charge in [-0.2, -0.15) is 11.8 Å². The van der Waals surface area contributed by atoms with Crippen molar-refractivity contribution < 1.29 is 9.13 Å². The lowest BCUT2D eigenvalue weighted by atomic mass is 10.2. The average Bonchev–Trinajstić information content (AvgIpc) is 2.49. The van der Waals surface area contributed by atoms with Crippen LogP contribution in [0.1, 0.15) is 5.56 Å². The molecule has 0 saturated carbocycles. The van der Waals surface area contributed by atoms with Crippen LogP contribution in [0.4, 0.5) is 4.39 Å². The lowest BCUT2D eigenvalue weighted by Gasteiger charge is -2.27. The van der Waals surface area contributed by atoms with Gasteiger partial charge in [0.25, 0.3) is 0 Å². The Morgan fingerprint density at radius 2 is 2.10 bits per heavy atom. The smallest absolute Gasteiger partial charge is 0.191 e. The van der Waals surface area contributed by atoms with E-state index in [-0.39, 0.29) is 5.82 Å². The summed E-state index contributed by atoms with van der Waals surface area (Å²) in [5.74, 6) is 1.94. The van der Waals surface area contributed by atoms with Gasteiger partial charge in [-0.1, -0.05) is 18.2 Å². The van der Waals surface area contributed by atoms with Gasteiger partial charge in [-0.3, -0.25) is 4.99 Å². The number of hydrogen-bond donors (Lipinski definition) is 1. The van der Waals surface area contributed by atoms with E-state index >= 15 is 0 Å². The number of nitrogens with two attached hydrogens (primary N) is 1. The van der Waals surface area contributed by atoms with Gasteiger partial charge in [0, 0.05) is 24.6 Å². The number of ether oxygens (including phenoxy) is 1. The number of nitrogens with zero attached hydrogens (tertiary/aromatic N) is 2. The molecule has 2 N–H and O–H groups in total. The van der Waals surface area contributed by atoms with Crippen LogP contribution in [0, 0.1) is 5.82 Å². The first-order chi connectivity index (χ1) is 9.77. The minimum absolute atomic E-state index is 0.142. The van der Waals surface area contributed by atoms with E-state index in [1.807, 2.05) is 17.0 Å². The van der Waals surface area contributed by atoms with Gasteiger partial charge in [0.15, 0.2) is 5.96 Å². The molecule has 0 atom stereocenters. The van der Waals surface area contributed by atoms with E-state index in [1.54, 1.807) is 17.8 Å². The van der Waals surface area contributed by atoms with Gasteiger partial charge in [0.1, 0.15) is 5.82 Å². The maximum Gasteiger partial charge on any atom is 0.191 e. The Hall–Kier alpha value is -1.27. The Morgan fingerprint density at radius 1 is 1.35 bits per heavy atom. The summed E-state index contributed by atoms with van der Waals surface area (Å²) in [6.45, 7) is 3.67. The first-order valence-corrected chi connectivity index (χ1v) is 7.86. The number of aliphatic imine (C=N–C) groups is 1. The van der Waals surface area contributed by atoms with Gasteiger partial charge in [0.2, 0.25) is 0 Å². The van der Waals surface area contributed by atoms with Gasteiger partial charge < -0.3 is 15.4 Å². The second-order valence-electron chi connectivity index (χ2n) is 4.48. The molecular formula is C14H20FN3OS. The Balaban J connectivity index is 1.67. The van der Waals surface area contributed by atoms with Crippen molar-refractivity contribution in [2.75, 3.05) is 38.6 Å². The Morgan fingerprint density at radius 3 is 2.85 bits per heavy atom. The zero-order valence-corrected chi connectivity index (χ0v) is 12.2. The maximum absolute atomic E-state index is 13.4. The van der Waals surface area contributed by atoms with Crippen LogP contribution in [0.2, 0.25) is 0 Å². The highest BCUT2D eigenvalue weighted by atomic mass is 32.2. The number of benzene rings is 1. The van der Waals surface area contributed by atoms with Gasteiger partial charge >= 0.3 is 0 Å². The van der Waals surface area contributed by atoms with Gasteiger partial charge in [-0.15, -0.1) is 0 Å². The summed E-state index contributed by atoms with van der Waals surface area (Å²) in [4.78, 5) is 6.38. The Bertz CT molecular complexity index is 450. The standard InChI is InChI=1S/C14H20FN3OS/c15-13-4-2-1-3-12(13)11-20-10-5-17-14(16)18-6-8-19-9-7-18/h1-4H,5-11H2,(H2,16,17). The summed E-state index contributed by atoms with van der Waals surface area (Å²) < 4.78 is 18.7. The number of guanidine groups is 1. The van der Waals surface area contributed by atoms with E-state index in [2.05, 4.69) is 4.99 Å². The number of morpholine rings is 1. The zero-order chi connectivity index (χ0) is 14.2. The Labute approximate surface area is 123 Å². The second kappa shape index (κ2) is 8.11. The van der Waals surface area contributed by atoms with E-state index in [1.165, 1.54) is 6.07 Å². The molecule has 110 valence electrons. The highest BCUT2D eigenvalue weighted by Crippen LogP contribution is 2.15. The molecule has 1 heterocycles. The normalized spacial score (nSPS) is 16.4. The van der Waals surface area contributed by atoms with E-state index in [0.29, 0.717) is 31.5 Å². The van der Waals surface area contributed by atoms with E-state index in [4.69, 9.17) is 10.5 Å². The quantitative estimate of drug-likeness (QED) is 0.511. The fourth-order valence-electron chi connectivity index (χ4n) is 1.91. The summed E-state index contributed by atoms with van der Waals surface area (Å²) in [6, 6.07) is 6.86. The van der Waals surface area contributed by atoms with E-state index < -0.39 is 0 Å². The predicted molar refractivity (Wildman–Crippen MR) is 81.4 cm³/mol. The summed E-state index contributed by atoms with van der Waals surface area (Å²) in [5.41, 5.74) is 6.66. The van der Waals surface area contributed by atoms with Crippen LogP contribution in [-0.2, 0) is 10.5 Å². The van der Waals surface area contributed by atoms with Crippen molar-refractivity contribution in [3.8, 4) is 0 Å². The summed E-state index contributed by atoms with van der Waals surface area (Å²) in [6.07, 6.45) is 0. The fraction of sp³-hybridized carbons (Fsp3) is 0.500. The van der Waals surface area contributed by atoms with Crippen molar-refractivity contribution in [2.24, 2.45) is 10.7 Å². The minimum atomic E-state index is -0.142. The molecule has 0 aliphatic carbocycles. The molecule has 0 aromatic heterocycles. The molecule has 1 saturated heterocycles. The van der Waals surface area contributed by atoms with Crippen LogP contribution in [0.5, 0.6) is 0 Å². The summed E-state index contributed by atoms with van der Waals surface area (Å²) in [5, 5.41) is 0. The molecule has 0 radical (unpaired) electrons. The molecule has 6 heteroatoms. The van der Waals surface area contributed by atoms with Gasteiger partial charge in [-0.05, 0) is 11.6 Å². The fourth-order valence-corrected chi connectivity index (χ4v) is 2.73. The Kier molecular flexibility index (Phi) is 6.14. The topological polar surface area (TPSA) is 50.8 Å². The highest BCUT2D eigenvalue weighted by molar-refractivity contribution is 7.98. The molecule has 0 unspecified atom stereocenters. The molecule has 1 aromatic carbocycles. The van der Waals surface area contributed by atoms with Crippen molar-refractivity contribution in [2.45, 2.75) is 5.75 Å². The van der Waals surface area contributed by atoms with E-state index in [9.17, 15) is 4.39 Å². The SMILES string of the molecule is NC(=NCCSCc1ccccc1F)N1CCOCC1. The molecular weight excluding hydrogens is 277 g/mol.